The van der Waals surface area contributed by atoms with Crippen molar-refractivity contribution >= 4 is 46.7 Å². The molecule has 3 aromatic rings. The molecule has 0 spiro atoms. The maximum atomic E-state index is 13.9. The highest BCUT2D eigenvalue weighted by molar-refractivity contribution is 8.00. The van der Waals surface area contributed by atoms with E-state index in [-0.39, 0.29) is 23.8 Å². The van der Waals surface area contributed by atoms with E-state index < -0.39 is 17.0 Å². The van der Waals surface area contributed by atoms with Crippen LogP contribution in [0.15, 0.2) is 88.9 Å². The number of carbonyl (C=O) groups excluding carboxylic acids is 3. The maximum Gasteiger partial charge on any atom is 0.258 e. The van der Waals surface area contributed by atoms with E-state index in [1.165, 1.54) is 35.0 Å². The number of para-hydroxylation sites is 1. The van der Waals surface area contributed by atoms with Crippen molar-refractivity contribution in [1.29, 1.82) is 0 Å². The molecule has 1 unspecified atom stereocenters. The first-order valence-electron chi connectivity index (χ1n) is 11.0. The van der Waals surface area contributed by atoms with Crippen LogP contribution >= 0.6 is 11.8 Å². The molecular weight excluding hydrogens is 467 g/mol. The Morgan fingerprint density at radius 1 is 1.03 bits per heavy atom. The van der Waals surface area contributed by atoms with Crippen molar-refractivity contribution in [2.45, 2.75) is 29.9 Å². The Labute approximate surface area is 206 Å². The molecule has 2 N–H and O–H groups in total. The standard InChI is InChI=1S/C26H23FN4O3S/c1-2-22(26(34)29-23-16-24(32)31(30-23)18-10-4-3-5-11-18)35-19-12-8-9-17(15-19)28-25(33)20-13-6-7-14-21(20)27/h3-15,22H,2,16H2,1H3,(H,28,33)(H,29,30,34). The van der Waals surface area contributed by atoms with Gasteiger partial charge in [-0.15, -0.1) is 11.8 Å². The molecule has 3 amide bonds. The van der Waals surface area contributed by atoms with Gasteiger partial charge in [0.15, 0.2) is 0 Å². The molecule has 178 valence electrons. The highest BCUT2D eigenvalue weighted by atomic mass is 32.2. The average Bonchev–Trinajstić information content (AvgIpc) is 3.23. The zero-order chi connectivity index (χ0) is 24.8. The largest absolute Gasteiger partial charge is 0.322 e. The van der Waals surface area contributed by atoms with Crippen LogP contribution < -0.4 is 15.6 Å². The zero-order valence-corrected chi connectivity index (χ0v) is 19.7. The fourth-order valence-electron chi connectivity index (χ4n) is 3.47. The first-order chi connectivity index (χ1) is 16.9. The molecule has 35 heavy (non-hydrogen) atoms. The molecule has 0 saturated carbocycles. The van der Waals surface area contributed by atoms with Gasteiger partial charge in [0.05, 0.1) is 22.9 Å². The number of nitrogens with zero attached hydrogens (tertiary/aromatic N) is 2. The summed E-state index contributed by atoms with van der Waals surface area (Å²) >= 11 is 1.33. The second-order valence-electron chi connectivity index (χ2n) is 7.73. The summed E-state index contributed by atoms with van der Waals surface area (Å²) < 4.78 is 13.9. The summed E-state index contributed by atoms with van der Waals surface area (Å²) in [6.07, 6.45) is 0.547. The minimum Gasteiger partial charge on any atom is -0.322 e. The van der Waals surface area contributed by atoms with Crippen molar-refractivity contribution < 1.29 is 18.8 Å². The molecule has 3 aromatic carbocycles. The number of anilines is 2. The van der Waals surface area contributed by atoms with E-state index in [1.807, 2.05) is 31.2 Å². The Morgan fingerprint density at radius 3 is 2.51 bits per heavy atom. The van der Waals surface area contributed by atoms with Gasteiger partial charge in [-0.05, 0) is 48.9 Å². The maximum absolute atomic E-state index is 13.9. The molecule has 9 heteroatoms. The summed E-state index contributed by atoms with van der Waals surface area (Å²) in [5.74, 6) is -1.33. The minimum atomic E-state index is -0.600. The lowest BCUT2D eigenvalue weighted by Crippen LogP contribution is -2.36. The predicted octanol–water partition coefficient (Wildman–Crippen LogP) is 4.82. The van der Waals surface area contributed by atoms with Crippen molar-refractivity contribution in [3.05, 3.63) is 90.2 Å². The fourth-order valence-corrected chi connectivity index (χ4v) is 4.48. The van der Waals surface area contributed by atoms with Gasteiger partial charge in [0.2, 0.25) is 5.91 Å². The number of benzene rings is 3. The van der Waals surface area contributed by atoms with Crippen LogP contribution in [0.4, 0.5) is 15.8 Å². The van der Waals surface area contributed by atoms with Gasteiger partial charge in [0.25, 0.3) is 11.8 Å². The van der Waals surface area contributed by atoms with E-state index in [4.69, 9.17) is 0 Å². The number of carbonyl (C=O) groups is 3. The van der Waals surface area contributed by atoms with E-state index in [0.717, 1.165) is 4.90 Å². The van der Waals surface area contributed by atoms with E-state index in [2.05, 4.69) is 15.7 Å². The Hall–Kier alpha value is -3.98. The Bertz CT molecular complexity index is 1280. The predicted molar refractivity (Wildman–Crippen MR) is 135 cm³/mol. The summed E-state index contributed by atoms with van der Waals surface area (Å²) in [6.45, 7) is 1.89. The van der Waals surface area contributed by atoms with Crippen LogP contribution in [0.1, 0.15) is 30.1 Å². The SMILES string of the molecule is CCC(Sc1cccc(NC(=O)c2ccccc2F)c1)C(=O)NC1=NN(c2ccccc2)C(=O)C1. The van der Waals surface area contributed by atoms with Crippen LogP contribution in [0, 0.1) is 5.82 Å². The van der Waals surface area contributed by atoms with Crippen molar-refractivity contribution in [2.75, 3.05) is 10.3 Å². The smallest absolute Gasteiger partial charge is 0.258 e. The van der Waals surface area contributed by atoms with Gasteiger partial charge in [-0.3, -0.25) is 14.4 Å². The van der Waals surface area contributed by atoms with Crippen molar-refractivity contribution in [3.63, 3.8) is 0 Å². The molecule has 0 fully saturated rings. The molecule has 0 aliphatic carbocycles. The summed E-state index contributed by atoms with van der Waals surface area (Å²) in [5, 5.41) is 10.6. The highest BCUT2D eigenvalue weighted by Gasteiger charge is 2.28. The number of nitrogens with one attached hydrogen (secondary N) is 2. The molecule has 0 radical (unpaired) electrons. The molecule has 0 saturated heterocycles. The Kier molecular flexibility index (Phi) is 7.57. The second-order valence-corrected chi connectivity index (χ2v) is 9.01. The second kappa shape index (κ2) is 11.0. The molecule has 4 rings (SSSR count). The number of thioether (sulfide) groups is 1. The third kappa shape index (κ3) is 5.93. The van der Waals surface area contributed by atoms with Gasteiger partial charge in [0, 0.05) is 10.6 Å². The van der Waals surface area contributed by atoms with Gasteiger partial charge in [0.1, 0.15) is 11.7 Å². The normalized spacial score (nSPS) is 13.8. The third-order valence-electron chi connectivity index (χ3n) is 5.20. The molecule has 0 bridgehead atoms. The van der Waals surface area contributed by atoms with Crippen molar-refractivity contribution in [3.8, 4) is 0 Å². The van der Waals surface area contributed by atoms with Gasteiger partial charge in [-0.25, -0.2) is 4.39 Å². The van der Waals surface area contributed by atoms with Crippen LogP contribution in [0.25, 0.3) is 0 Å². The van der Waals surface area contributed by atoms with Gasteiger partial charge < -0.3 is 10.6 Å². The Balaban J connectivity index is 1.40. The number of amides is 3. The first-order valence-corrected chi connectivity index (χ1v) is 11.9. The van der Waals surface area contributed by atoms with Crippen molar-refractivity contribution in [2.24, 2.45) is 5.10 Å². The number of hydrogen-bond donors (Lipinski definition) is 2. The molecule has 1 aliphatic heterocycles. The fraction of sp³-hybridized carbons (Fsp3) is 0.154. The number of hydrazone groups is 1. The van der Waals surface area contributed by atoms with E-state index in [9.17, 15) is 18.8 Å². The van der Waals surface area contributed by atoms with Crippen LogP contribution in [0.2, 0.25) is 0 Å². The zero-order valence-electron chi connectivity index (χ0n) is 18.9. The molecule has 1 aliphatic rings. The summed E-state index contributed by atoms with van der Waals surface area (Å²) in [6, 6.07) is 21.8. The number of rotatable bonds is 7. The lowest BCUT2D eigenvalue weighted by Gasteiger charge is -2.15. The van der Waals surface area contributed by atoms with Crippen LogP contribution in [0.3, 0.4) is 0 Å². The van der Waals surface area contributed by atoms with Crippen molar-refractivity contribution in [1.82, 2.24) is 5.32 Å². The Morgan fingerprint density at radius 2 is 1.77 bits per heavy atom. The highest BCUT2D eigenvalue weighted by Crippen LogP contribution is 2.28. The van der Waals surface area contributed by atoms with Gasteiger partial charge in [-0.2, -0.15) is 10.1 Å². The van der Waals surface area contributed by atoms with Gasteiger partial charge in [-0.1, -0.05) is 43.3 Å². The van der Waals surface area contributed by atoms with E-state index in [0.29, 0.717) is 23.6 Å². The molecular formula is C26H23FN4O3S. The first kappa shape index (κ1) is 24.2. The number of hydrogen-bond acceptors (Lipinski definition) is 5. The third-order valence-corrected chi connectivity index (χ3v) is 6.55. The average molecular weight is 491 g/mol. The molecule has 1 heterocycles. The van der Waals surface area contributed by atoms with Gasteiger partial charge >= 0.3 is 0 Å². The van der Waals surface area contributed by atoms with E-state index >= 15 is 0 Å². The van der Waals surface area contributed by atoms with Crippen LogP contribution in [-0.2, 0) is 9.59 Å². The van der Waals surface area contributed by atoms with E-state index in [1.54, 1.807) is 36.4 Å². The quantitative estimate of drug-likeness (QED) is 0.465. The summed E-state index contributed by atoms with van der Waals surface area (Å²) in [5.41, 5.74) is 1.08. The number of halogens is 1. The minimum absolute atomic E-state index is 0.0132. The van der Waals surface area contributed by atoms with Crippen LogP contribution in [0.5, 0.6) is 0 Å². The summed E-state index contributed by atoms with van der Waals surface area (Å²) in [7, 11) is 0. The van der Waals surface area contributed by atoms with Crippen LogP contribution in [-0.4, -0.2) is 28.8 Å². The topological polar surface area (TPSA) is 90.9 Å². The lowest BCUT2D eigenvalue weighted by atomic mass is 10.2. The summed E-state index contributed by atoms with van der Waals surface area (Å²) in [4.78, 5) is 38.4. The molecule has 0 aromatic heterocycles. The lowest BCUT2D eigenvalue weighted by molar-refractivity contribution is -0.119. The monoisotopic (exact) mass is 490 g/mol. The number of amidine groups is 1. The molecule has 1 atom stereocenters. The molecule has 7 nitrogen and oxygen atoms in total.